The third kappa shape index (κ3) is 9.30. The van der Waals surface area contributed by atoms with Crippen LogP contribution in [0.25, 0.3) is 0 Å². The number of aliphatic carboxylic acids is 1. The quantitative estimate of drug-likeness (QED) is 0.588. The lowest BCUT2D eigenvalue weighted by atomic mass is 10.1. The van der Waals surface area contributed by atoms with Crippen LogP contribution in [0.15, 0.2) is 0 Å². The molecule has 0 aliphatic carbocycles. The van der Waals surface area contributed by atoms with Gasteiger partial charge < -0.3 is 20.6 Å². The molecule has 0 aromatic carbocycles. The van der Waals surface area contributed by atoms with E-state index in [1.807, 2.05) is 6.92 Å². The van der Waals surface area contributed by atoms with Crippen molar-refractivity contribution < 1.29 is 14.7 Å². The van der Waals surface area contributed by atoms with Crippen molar-refractivity contribution in [3.63, 3.8) is 0 Å². The van der Waals surface area contributed by atoms with E-state index in [9.17, 15) is 9.59 Å². The Labute approximate surface area is 115 Å². The van der Waals surface area contributed by atoms with Crippen LogP contribution in [-0.4, -0.2) is 54.2 Å². The summed E-state index contributed by atoms with van der Waals surface area (Å²) in [5.74, 6) is -0.911. The molecule has 2 amide bonds. The first-order chi connectivity index (χ1) is 8.88. The number of amides is 2. The highest BCUT2D eigenvalue weighted by Crippen LogP contribution is 1.99. The molecule has 2 atom stereocenters. The van der Waals surface area contributed by atoms with Gasteiger partial charge in [0.25, 0.3) is 0 Å². The van der Waals surface area contributed by atoms with E-state index in [-0.39, 0.29) is 24.4 Å². The van der Waals surface area contributed by atoms with Gasteiger partial charge in [0.05, 0.1) is 0 Å². The molecule has 0 aromatic heterocycles. The number of carbonyl (C=O) groups is 2. The summed E-state index contributed by atoms with van der Waals surface area (Å²) in [6.07, 6.45) is 0.0648. The van der Waals surface area contributed by atoms with Gasteiger partial charge in [0.15, 0.2) is 0 Å². The number of hydrogen-bond acceptors (Lipinski definition) is 3. The first-order valence-electron chi connectivity index (χ1n) is 6.87. The first-order valence-corrected chi connectivity index (χ1v) is 6.87. The van der Waals surface area contributed by atoms with Gasteiger partial charge in [-0.25, -0.2) is 4.79 Å². The average Bonchev–Trinajstić information content (AvgIpc) is 2.32. The summed E-state index contributed by atoms with van der Waals surface area (Å²) in [6, 6.07) is -0.174. The van der Waals surface area contributed by atoms with Crippen molar-refractivity contribution in [3.8, 4) is 0 Å². The molecule has 0 aliphatic rings. The standard InChI is InChI=1S/C13H27N3O3/c1-5-16(6-2)9-11(4)15-13(19)14-8-10(3)7-12(17)18/h10-11H,5-9H2,1-4H3,(H,17,18)(H2,14,15,19). The average molecular weight is 273 g/mol. The van der Waals surface area contributed by atoms with Crippen LogP contribution in [0.3, 0.4) is 0 Å². The molecule has 0 saturated heterocycles. The number of urea groups is 1. The zero-order chi connectivity index (χ0) is 14.8. The number of carboxylic acid groups (broad SMARTS) is 1. The maximum atomic E-state index is 11.6. The number of hydrogen-bond donors (Lipinski definition) is 3. The summed E-state index contributed by atoms with van der Waals surface area (Å²) in [5, 5.41) is 14.2. The Bertz CT molecular complexity index is 280. The second-order valence-corrected chi connectivity index (χ2v) is 4.94. The van der Waals surface area contributed by atoms with Crippen molar-refractivity contribution in [2.24, 2.45) is 5.92 Å². The highest BCUT2D eigenvalue weighted by Gasteiger charge is 2.12. The van der Waals surface area contributed by atoms with E-state index in [0.717, 1.165) is 19.6 Å². The van der Waals surface area contributed by atoms with E-state index in [1.54, 1.807) is 6.92 Å². The lowest BCUT2D eigenvalue weighted by Crippen LogP contribution is -2.47. The van der Waals surface area contributed by atoms with E-state index in [0.29, 0.717) is 6.54 Å². The predicted molar refractivity (Wildman–Crippen MR) is 75.2 cm³/mol. The highest BCUT2D eigenvalue weighted by atomic mass is 16.4. The second-order valence-electron chi connectivity index (χ2n) is 4.94. The van der Waals surface area contributed by atoms with Crippen molar-refractivity contribution >= 4 is 12.0 Å². The number of nitrogens with one attached hydrogen (secondary N) is 2. The smallest absolute Gasteiger partial charge is 0.315 e. The predicted octanol–water partition coefficient (Wildman–Crippen LogP) is 1.13. The van der Waals surface area contributed by atoms with Gasteiger partial charge in [-0.3, -0.25) is 4.79 Å². The topological polar surface area (TPSA) is 81.7 Å². The van der Waals surface area contributed by atoms with Crippen LogP contribution in [0.4, 0.5) is 4.79 Å². The molecule has 112 valence electrons. The number of carboxylic acids is 1. The van der Waals surface area contributed by atoms with Crippen LogP contribution in [0.2, 0.25) is 0 Å². The van der Waals surface area contributed by atoms with Crippen LogP contribution in [0.1, 0.15) is 34.1 Å². The van der Waals surface area contributed by atoms with Gasteiger partial charge in [-0.15, -0.1) is 0 Å². The van der Waals surface area contributed by atoms with Gasteiger partial charge in [-0.2, -0.15) is 0 Å². The van der Waals surface area contributed by atoms with Crippen LogP contribution >= 0.6 is 0 Å². The number of nitrogens with zero attached hydrogens (tertiary/aromatic N) is 1. The van der Waals surface area contributed by atoms with Crippen LogP contribution in [0.5, 0.6) is 0 Å². The number of carbonyl (C=O) groups excluding carboxylic acids is 1. The number of likely N-dealkylation sites (N-methyl/N-ethyl adjacent to an activating group) is 1. The van der Waals surface area contributed by atoms with Gasteiger partial charge in [0.2, 0.25) is 0 Å². The molecular formula is C13H27N3O3. The minimum Gasteiger partial charge on any atom is -0.481 e. The lowest BCUT2D eigenvalue weighted by Gasteiger charge is -2.23. The Balaban J connectivity index is 3.87. The van der Waals surface area contributed by atoms with Crippen molar-refractivity contribution in [3.05, 3.63) is 0 Å². The van der Waals surface area contributed by atoms with Crippen LogP contribution in [-0.2, 0) is 4.79 Å². The van der Waals surface area contributed by atoms with Crippen molar-refractivity contribution in [2.75, 3.05) is 26.2 Å². The molecule has 0 saturated carbocycles. The van der Waals surface area contributed by atoms with Gasteiger partial charge in [0.1, 0.15) is 0 Å². The Morgan fingerprint density at radius 2 is 1.79 bits per heavy atom. The maximum Gasteiger partial charge on any atom is 0.315 e. The van der Waals surface area contributed by atoms with E-state index in [4.69, 9.17) is 5.11 Å². The van der Waals surface area contributed by atoms with E-state index < -0.39 is 5.97 Å². The third-order valence-corrected chi connectivity index (χ3v) is 2.94. The molecule has 0 rings (SSSR count). The van der Waals surface area contributed by atoms with E-state index in [1.165, 1.54) is 0 Å². The molecule has 0 spiro atoms. The summed E-state index contributed by atoms with van der Waals surface area (Å²) in [7, 11) is 0. The fraction of sp³-hybridized carbons (Fsp3) is 0.846. The molecule has 0 aromatic rings. The van der Waals surface area contributed by atoms with Crippen molar-refractivity contribution in [1.29, 1.82) is 0 Å². The highest BCUT2D eigenvalue weighted by molar-refractivity contribution is 5.74. The maximum absolute atomic E-state index is 11.6. The third-order valence-electron chi connectivity index (χ3n) is 2.94. The molecule has 19 heavy (non-hydrogen) atoms. The minimum absolute atomic E-state index is 0.0645. The molecular weight excluding hydrogens is 246 g/mol. The molecule has 6 nitrogen and oxygen atoms in total. The van der Waals surface area contributed by atoms with E-state index in [2.05, 4.69) is 29.4 Å². The molecule has 2 unspecified atom stereocenters. The summed E-state index contributed by atoms with van der Waals surface area (Å²) < 4.78 is 0. The zero-order valence-electron chi connectivity index (χ0n) is 12.4. The SMILES string of the molecule is CCN(CC)CC(C)NC(=O)NCC(C)CC(=O)O. The molecule has 0 bridgehead atoms. The minimum atomic E-state index is -0.843. The van der Waals surface area contributed by atoms with Gasteiger partial charge in [0, 0.05) is 25.6 Å². The lowest BCUT2D eigenvalue weighted by molar-refractivity contribution is -0.137. The monoisotopic (exact) mass is 273 g/mol. The van der Waals surface area contributed by atoms with Crippen LogP contribution < -0.4 is 10.6 Å². The van der Waals surface area contributed by atoms with Gasteiger partial charge in [-0.05, 0) is 25.9 Å². The summed E-state index contributed by atoms with van der Waals surface area (Å²) in [4.78, 5) is 24.3. The zero-order valence-corrected chi connectivity index (χ0v) is 12.4. The fourth-order valence-corrected chi connectivity index (χ4v) is 1.83. The molecule has 6 heteroatoms. The van der Waals surface area contributed by atoms with Gasteiger partial charge >= 0.3 is 12.0 Å². The fourth-order valence-electron chi connectivity index (χ4n) is 1.83. The molecule has 3 N–H and O–H groups in total. The van der Waals surface area contributed by atoms with E-state index >= 15 is 0 Å². The Kier molecular flexibility index (Phi) is 8.95. The Morgan fingerprint density at radius 1 is 1.21 bits per heavy atom. The second kappa shape index (κ2) is 9.61. The number of rotatable bonds is 9. The Hall–Kier alpha value is -1.30. The summed E-state index contributed by atoms with van der Waals surface area (Å²) >= 11 is 0. The normalized spacial score (nSPS) is 13.9. The first kappa shape index (κ1) is 17.7. The van der Waals surface area contributed by atoms with Crippen molar-refractivity contribution in [2.45, 2.75) is 40.2 Å². The van der Waals surface area contributed by atoms with Crippen LogP contribution in [0, 0.1) is 5.92 Å². The summed E-state index contributed by atoms with van der Waals surface area (Å²) in [6.45, 7) is 11.0. The Morgan fingerprint density at radius 3 is 2.26 bits per heavy atom. The molecule has 0 fully saturated rings. The largest absolute Gasteiger partial charge is 0.481 e. The molecule has 0 aliphatic heterocycles. The summed E-state index contributed by atoms with van der Waals surface area (Å²) in [5.41, 5.74) is 0. The van der Waals surface area contributed by atoms with Gasteiger partial charge in [-0.1, -0.05) is 20.8 Å². The molecule has 0 radical (unpaired) electrons. The molecule has 0 heterocycles. The van der Waals surface area contributed by atoms with Crippen molar-refractivity contribution in [1.82, 2.24) is 15.5 Å².